The smallest absolute Gasteiger partial charge is 0.126 e. The zero-order chi connectivity index (χ0) is 10.2. The highest BCUT2D eigenvalue weighted by molar-refractivity contribution is 5.30. The lowest BCUT2D eigenvalue weighted by Crippen LogP contribution is -2.33. The van der Waals surface area contributed by atoms with Gasteiger partial charge in [0.15, 0.2) is 0 Å². The number of hydrogen-bond acceptors (Lipinski definition) is 1. The van der Waals surface area contributed by atoms with Crippen LogP contribution in [0.15, 0.2) is 18.2 Å². The second-order valence-corrected chi connectivity index (χ2v) is 4.04. The summed E-state index contributed by atoms with van der Waals surface area (Å²) >= 11 is 0. The number of aryl methyl sites for hydroxylation is 1. The molecule has 2 heteroatoms. The summed E-state index contributed by atoms with van der Waals surface area (Å²) in [5.74, 6) is -0.190. The van der Waals surface area contributed by atoms with Gasteiger partial charge in [0.25, 0.3) is 0 Å². The van der Waals surface area contributed by atoms with Gasteiger partial charge in [-0.3, -0.25) is 0 Å². The molecular formula is C12H15FO. The fourth-order valence-electron chi connectivity index (χ4n) is 1.92. The lowest BCUT2D eigenvalue weighted by molar-refractivity contribution is -0.0390. The number of rotatable bonds is 2. The highest BCUT2D eigenvalue weighted by atomic mass is 19.1. The predicted octanol–water partition coefficient (Wildman–Crippen LogP) is 2.76. The molecule has 0 radical (unpaired) electrons. The summed E-state index contributed by atoms with van der Waals surface area (Å²) in [6.45, 7) is 1.93. The van der Waals surface area contributed by atoms with Crippen molar-refractivity contribution in [2.24, 2.45) is 0 Å². The van der Waals surface area contributed by atoms with Crippen molar-refractivity contribution in [1.29, 1.82) is 0 Å². The van der Waals surface area contributed by atoms with Gasteiger partial charge in [0.1, 0.15) is 5.82 Å². The largest absolute Gasteiger partial charge is 0.385 e. The van der Waals surface area contributed by atoms with Crippen LogP contribution in [0.4, 0.5) is 4.39 Å². The Morgan fingerprint density at radius 2 is 2.14 bits per heavy atom. The second kappa shape index (κ2) is 3.35. The Morgan fingerprint density at radius 1 is 1.43 bits per heavy atom. The van der Waals surface area contributed by atoms with Crippen molar-refractivity contribution in [2.75, 3.05) is 0 Å². The van der Waals surface area contributed by atoms with Gasteiger partial charge in [-0.2, -0.15) is 0 Å². The molecule has 1 aliphatic carbocycles. The van der Waals surface area contributed by atoms with Crippen LogP contribution in [-0.4, -0.2) is 5.11 Å². The fourth-order valence-corrected chi connectivity index (χ4v) is 1.92. The standard InChI is InChI=1S/C12H15FO/c1-2-9-4-5-10(8-11(9)13)12(14)6-3-7-12/h4-5,8,14H,2-3,6-7H2,1H3. The van der Waals surface area contributed by atoms with Crippen LogP contribution in [0.3, 0.4) is 0 Å². The van der Waals surface area contributed by atoms with E-state index in [1.54, 1.807) is 6.07 Å². The summed E-state index contributed by atoms with van der Waals surface area (Å²) in [5, 5.41) is 10.0. The maximum Gasteiger partial charge on any atom is 0.126 e. The maximum atomic E-state index is 13.4. The van der Waals surface area contributed by atoms with Crippen molar-refractivity contribution in [3.05, 3.63) is 35.1 Å². The number of aliphatic hydroxyl groups is 1. The molecule has 0 bridgehead atoms. The molecule has 0 spiro atoms. The van der Waals surface area contributed by atoms with Crippen molar-refractivity contribution in [2.45, 2.75) is 38.2 Å². The summed E-state index contributed by atoms with van der Waals surface area (Å²) in [4.78, 5) is 0. The van der Waals surface area contributed by atoms with Gasteiger partial charge >= 0.3 is 0 Å². The van der Waals surface area contributed by atoms with Crippen LogP contribution in [0.5, 0.6) is 0 Å². The molecule has 1 saturated carbocycles. The molecule has 2 rings (SSSR count). The van der Waals surface area contributed by atoms with E-state index >= 15 is 0 Å². The molecule has 1 fully saturated rings. The third-order valence-corrected chi connectivity index (χ3v) is 3.15. The van der Waals surface area contributed by atoms with Crippen LogP contribution >= 0.6 is 0 Å². The average molecular weight is 194 g/mol. The molecule has 1 nitrogen and oxygen atoms in total. The molecular weight excluding hydrogens is 179 g/mol. The Hall–Kier alpha value is -0.890. The molecule has 1 aromatic rings. The quantitative estimate of drug-likeness (QED) is 0.767. The van der Waals surface area contributed by atoms with Crippen LogP contribution in [-0.2, 0) is 12.0 Å². The molecule has 0 unspecified atom stereocenters. The third kappa shape index (κ3) is 1.44. The van der Waals surface area contributed by atoms with Gasteiger partial charge in [-0.1, -0.05) is 19.1 Å². The van der Waals surface area contributed by atoms with E-state index in [2.05, 4.69) is 0 Å². The van der Waals surface area contributed by atoms with Crippen LogP contribution in [0, 0.1) is 5.82 Å². The summed E-state index contributed by atoms with van der Waals surface area (Å²) in [6.07, 6.45) is 3.26. The Balaban J connectivity index is 2.32. The van der Waals surface area contributed by atoms with E-state index in [9.17, 15) is 9.50 Å². The molecule has 1 N–H and O–H groups in total. The van der Waals surface area contributed by atoms with Crippen LogP contribution in [0.1, 0.15) is 37.3 Å². The zero-order valence-corrected chi connectivity index (χ0v) is 8.39. The normalized spacial score (nSPS) is 19.1. The van der Waals surface area contributed by atoms with Crippen molar-refractivity contribution in [3.63, 3.8) is 0 Å². The van der Waals surface area contributed by atoms with E-state index in [0.717, 1.165) is 30.4 Å². The first-order chi connectivity index (χ1) is 6.65. The van der Waals surface area contributed by atoms with Gasteiger partial charge < -0.3 is 5.11 Å². The first-order valence-electron chi connectivity index (χ1n) is 5.17. The topological polar surface area (TPSA) is 20.2 Å². The van der Waals surface area contributed by atoms with E-state index in [1.807, 2.05) is 13.0 Å². The van der Waals surface area contributed by atoms with E-state index < -0.39 is 5.60 Å². The van der Waals surface area contributed by atoms with Crippen LogP contribution in [0.25, 0.3) is 0 Å². The Kier molecular flexibility index (Phi) is 2.31. The first-order valence-corrected chi connectivity index (χ1v) is 5.17. The summed E-state index contributed by atoms with van der Waals surface area (Å²) in [6, 6.07) is 5.11. The molecule has 0 saturated heterocycles. The number of hydrogen-bond donors (Lipinski definition) is 1. The summed E-state index contributed by atoms with van der Waals surface area (Å²) in [7, 11) is 0. The SMILES string of the molecule is CCc1ccc(C2(O)CCC2)cc1F. The minimum atomic E-state index is -0.743. The number of halogens is 1. The van der Waals surface area contributed by atoms with E-state index in [-0.39, 0.29) is 5.82 Å². The highest BCUT2D eigenvalue weighted by Crippen LogP contribution is 2.41. The molecule has 0 heterocycles. The highest BCUT2D eigenvalue weighted by Gasteiger charge is 2.36. The Bertz CT molecular complexity index is 342. The molecule has 0 aliphatic heterocycles. The van der Waals surface area contributed by atoms with Gasteiger partial charge in [0.05, 0.1) is 5.60 Å². The van der Waals surface area contributed by atoms with Gasteiger partial charge in [0.2, 0.25) is 0 Å². The monoisotopic (exact) mass is 194 g/mol. The van der Waals surface area contributed by atoms with Gasteiger partial charge in [0, 0.05) is 0 Å². The molecule has 0 amide bonds. The van der Waals surface area contributed by atoms with Crippen molar-refractivity contribution < 1.29 is 9.50 Å². The summed E-state index contributed by atoms with van der Waals surface area (Å²) < 4.78 is 13.4. The Morgan fingerprint density at radius 3 is 2.57 bits per heavy atom. The molecule has 1 aromatic carbocycles. The third-order valence-electron chi connectivity index (χ3n) is 3.15. The molecule has 0 atom stereocenters. The lowest BCUT2D eigenvalue weighted by atomic mass is 9.75. The van der Waals surface area contributed by atoms with E-state index in [4.69, 9.17) is 0 Å². The summed E-state index contributed by atoms with van der Waals surface area (Å²) in [5.41, 5.74) is 0.711. The molecule has 0 aromatic heterocycles. The predicted molar refractivity (Wildman–Crippen MR) is 53.5 cm³/mol. The minimum absolute atomic E-state index is 0.190. The second-order valence-electron chi connectivity index (χ2n) is 4.04. The molecule has 14 heavy (non-hydrogen) atoms. The van der Waals surface area contributed by atoms with Crippen molar-refractivity contribution in [3.8, 4) is 0 Å². The van der Waals surface area contributed by atoms with Crippen LogP contribution in [0.2, 0.25) is 0 Å². The van der Waals surface area contributed by atoms with Gasteiger partial charge in [-0.15, -0.1) is 0 Å². The fraction of sp³-hybridized carbons (Fsp3) is 0.500. The average Bonchev–Trinajstić information content (AvgIpc) is 2.14. The van der Waals surface area contributed by atoms with Crippen LogP contribution < -0.4 is 0 Å². The minimum Gasteiger partial charge on any atom is -0.385 e. The molecule has 76 valence electrons. The maximum absolute atomic E-state index is 13.4. The van der Waals surface area contributed by atoms with E-state index in [1.165, 1.54) is 6.07 Å². The first kappa shape index (κ1) is 9.66. The van der Waals surface area contributed by atoms with Gasteiger partial charge in [-0.05, 0) is 42.9 Å². The Labute approximate surface area is 83.6 Å². The van der Waals surface area contributed by atoms with Gasteiger partial charge in [-0.25, -0.2) is 4.39 Å². The lowest BCUT2D eigenvalue weighted by Gasteiger charge is -2.37. The van der Waals surface area contributed by atoms with E-state index in [0.29, 0.717) is 6.42 Å². The molecule has 1 aliphatic rings. The van der Waals surface area contributed by atoms with Crippen molar-refractivity contribution in [1.82, 2.24) is 0 Å². The number of benzene rings is 1. The zero-order valence-electron chi connectivity index (χ0n) is 8.39. The van der Waals surface area contributed by atoms with Crippen molar-refractivity contribution >= 4 is 0 Å².